The molecule has 7 heteroatoms. The van der Waals surface area contributed by atoms with Gasteiger partial charge < -0.3 is 24.6 Å². The molecule has 3 aliphatic heterocycles. The van der Waals surface area contributed by atoms with Gasteiger partial charge >= 0.3 is 0 Å². The summed E-state index contributed by atoms with van der Waals surface area (Å²) in [5.41, 5.74) is 4.30. The molecule has 176 valence electrons. The van der Waals surface area contributed by atoms with Crippen molar-refractivity contribution >= 4 is 17.3 Å². The number of nitrogens with one attached hydrogen (secondary N) is 1. The van der Waals surface area contributed by atoms with Crippen molar-refractivity contribution in [2.45, 2.75) is 31.7 Å². The number of hydrogen-bond acceptors (Lipinski definition) is 5. The summed E-state index contributed by atoms with van der Waals surface area (Å²) in [6, 6.07) is 11.2. The molecule has 0 radical (unpaired) electrons. The summed E-state index contributed by atoms with van der Waals surface area (Å²) in [6.45, 7) is 9.55. The van der Waals surface area contributed by atoms with Crippen LogP contribution in [0, 0.1) is 5.82 Å². The molecule has 0 aromatic heterocycles. The van der Waals surface area contributed by atoms with Crippen LogP contribution in [0.5, 0.6) is 0 Å². The van der Waals surface area contributed by atoms with Gasteiger partial charge in [0.2, 0.25) is 0 Å². The standard InChI is InChI=1S/C26H32FN3O3/c1-26(2)17-23(18-14-19(27)16-20(15-18)29-6-10-32-11-7-29)28-24-21(4-3-5-22(24)26)25(31)30-8-12-33-13-9-30/h3-5,14-16,23,28H,6-13,17H2,1-2H3. The first-order valence-corrected chi connectivity index (χ1v) is 11.8. The van der Waals surface area contributed by atoms with Crippen molar-refractivity contribution in [3.05, 3.63) is 58.9 Å². The number of nitrogens with zero attached hydrogens (tertiary/aromatic N) is 2. The Labute approximate surface area is 194 Å². The largest absolute Gasteiger partial charge is 0.378 e. The molecule has 1 atom stereocenters. The topological polar surface area (TPSA) is 54.0 Å². The highest BCUT2D eigenvalue weighted by molar-refractivity contribution is 6.01. The minimum absolute atomic E-state index is 0.0207. The normalized spacial score (nSPS) is 22.5. The van der Waals surface area contributed by atoms with Crippen LogP contribution in [0.4, 0.5) is 15.8 Å². The molecule has 0 saturated carbocycles. The Morgan fingerprint density at radius 3 is 2.45 bits per heavy atom. The minimum Gasteiger partial charge on any atom is -0.378 e. The van der Waals surface area contributed by atoms with Crippen molar-refractivity contribution in [2.24, 2.45) is 0 Å². The third kappa shape index (κ3) is 4.44. The lowest BCUT2D eigenvalue weighted by atomic mass is 9.73. The molecule has 6 nitrogen and oxygen atoms in total. The molecule has 33 heavy (non-hydrogen) atoms. The lowest BCUT2D eigenvalue weighted by Crippen LogP contribution is -2.41. The third-order valence-electron chi connectivity index (χ3n) is 7.04. The Kier molecular flexibility index (Phi) is 6.01. The number of hydrogen-bond donors (Lipinski definition) is 1. The van der Waals surface area contributed by atoms with Crippen LogP contribution in [-0.4, -0.2) is 63.4 Å². The lowest BCUT2D eigenvalue weighted by Gasteiger charge is -2.40. The van der Waals surface area contributed by atoms with Crippen molar-refractivity contribution in [3.63, 3.8) is 0 Å². The molecule has 0 bridgehead atoms. The molecule has 0 spiro atoms. The van der Waals surface area contributed by atoms with Gasteiger partial charge in [-0.15, -0.1) is 0 Å². The van der Waals surface area contributed by atoms with E-state index in [0.29, 0.717) is 45.1 Å². The van der Waals surface area contributed by atoms with E-state index in [1.165, 1.54) is 0 Å². The molecule has 5 rings (SSSR count). The van der Waals surface area contributed by atoms with Crippen LogP contribution in [0.3, 0.4) is 0 Å². The van der Waals surface area contributed by atoms with Crippen LogP contribution in [0.25, 0.3) is 0 Å². The van der Waals surface area contributed by atoms with E-state index in [0.717, 1.165) is 42.0 Å². The Morgan fingerprint density at radius 1 is 1.03 bits per heavy atom. The Bertz CT molecular complexity index is 1030. The number of fused-ring (bicyclic) bond motifs is 1. The van der Waals surface area contributed by atoms with Gasteiger partial charge in [-0.3, -0.25) is 4.79 Å². The maximum atomic E-state index is 14.7. The fourth-order valence-corrected chi connectivity index (χ4v) is 5.24. The van der Waals surface area contributed by atoms with Crippen LogP contribution < -0.4 is 10.2 Å². The Morgan fingerprint density at radius 2 is 1.73 bits per heavy atom. The summed E-state index contributed by atoms with van der Waals surface area (Å²) in [7, 11) is 0. The van der Waals surface area contributed by atoms with Crippen LogP contribution in [0.1, 0.15) is 47.8 Å². The number of halogens is 1. The zero-order valence-corrected chi connectivity index (χ0v) is 19.4. The molecule has 1 unspecified atom stereocenters. The summed E-state index contributed by atoms with van der Waals surface area (Å²) >= 11 is 0. The number of amides is 1. The molecule has 3 aliphatic rings. The molecule has 1 N–H and O–H groups in total. The smallest absolute Gasteiger partial charge is 0.256 e. The molecule has 3 heterocycles. The number of ether oxygens (including phenoxy) is 2. The summed E-state index contributed by atoms with van der Waals surface area (Å²) < 4.78 is 25.6. The molecule has 0 aliphatic carbocycles. The van der Waals surface area contributed by atoms with E-state index in [4.69, 9.17) is 9.47 Å². The van der Waals surface area contributed by atoms with E-state index < -0.39 is 0 Å². The van der Waals surface area contributed by atoms with Crippen molar-refractivity contribution in [1.82, 2.24) is 4.90 Å². The molecule has 2 saturated heterocycles. The van der Waals surface area contributed by atoms with E-state index in [1.54, 1.807) is 12.1 Å². The second-order valence-electron chi connectivity index (χ2n) is 9.76. The highest BCUT2D eigenvalue weighted by atomic mass is 19.1. The van der Waals surface area contributed by atoms with Crippen LogP contribution in [-0.2, 0) is 14.9 Å². The average Bonchev–Trinajstić information content (AvgIpc) is 2.83. The quantitative estimate of drug-likeness (QED) is 0.762. The number of rotatable bonds is 3. The van der Waals surface area contributed by atoms with Gasteiger partial charge in [0.05, 0.1) is 43.7 Å². The zero-order chi connectivity index (χ0) is 23.0. The number of para-hydroxylation sites is 1. The maximum Gasteiger partial charge on any atom is 0.256 e. The van der Waals surface area contributed by atoms with E-state index in [2.05, 4.69) is 36.2 Å². The fraction of sp³-hybridized carbons (Fsp3) is 0.500. The van der Waals surface area contributed by atoms with Gasteiger partial charge in [-0.05, 0) is 47.2 Å². The summed E-state index contributed by atoms with van der Waals surface area (Å²) in [5.74, 6) is -0.218. The molecule has 1 amide bonds. The van der Waals surface area contributed by atoms with E-state index in [1.807, 2.05) is 17.0 Å². The number of carbonyl (C=O) groups excluding carboxylic acids is 1. The van der Waals surface area contributed by atoms with E-state index in [-0.39, 0.29) is 23.2 Å². The lowest BCUT2D eigenvalue weighted by molar-refractivity contribution is 0.0303. The number of morpholine rings is 2. The highest BCUT2D eigenvalue weighted by Crippen LogP contribution is 2.46. The number of benzene rings is 2. The number of anilines is 2. The third-order valence-corrected chi connectivity index (χ3v) is 7.04. The Hall–Kier alpha value is -2.64. The average molecular weight is 454 g/mol. The minimum atomic E-state index is -0.239. The molecule has 2 aromatic carbocycles. The van der Waals surface area contributed by atoms with Crippen molar-refractivity contribution in [3.8, 4) is 0 Å². The SMILES string of the molecule is CC1(C)CC(c2cc(F)cc(N3CCOCC3)c2)Nc2c(C(=O)N3CCOCC3)cccc21. The monoisotopic (exact) mass is 453 g/mol. The second-order valence-corrected chi connectivity index (χ2v) is 9.76. The van der Waals surface area contributed by atoms with Crippen LogP contribution >= 0.6 is 0 Å². The zero-order valence-electron chi connectivity index (χ0n) is 19.4. The Balaban J connectivity index is 1.49. The van der Waals surface area contributed by atoms with E-state index in [9.17, 15) is 9.18 Å². The summed E-state index contributed by atoms with van der Waals surface area (Å²) in [4.78, 5) is 17.4. The summed E-state index contributed by atoms with van der Waals surface area (Å²) in [5, 5.41) is 3.63. The van der Waals surface area contributed by atoms with Gasteiger partial charge in [0.1, 0.15) is 5.82 Å². The predicted molar refractivity (Wildman–Crippen MR) is 127 cm³/mol. The molecular weight excluding hydrogens is 421 g/mol. The van der Waals surface area contributed by atoms with E-state index >= 15 is 0 Å². The summed E-state index contributed by atoms with van der Waals surface area (Å²) in [6.07, 6.45) is 0.807. The van der Waals surface area contributed by atoms with Crippen molar-refractivity contribution in [1.29, 1.82) is 0 Å². The van der Waals surface area contributed by atoms with Crippen molar-refractivity contribution < 1.29 is 18.7 Å². The van der Waals surface area contributed by atoms with Gasteiger partial charge in [0, 0.05) is 31.9 Å². The van der Waals surface area contributed by atoms with Gasteiger partial charge in [-0.1, -0.05) is 26.0 Å². The van der Waals surface area contributed by atoms with Gasteiger partial charge in [0.25, 0.3) is 5.91 Å². The van der Waals surface area contributed by atoms with Crippen molar-refractivity contribution in [2.75, 3.05) is 62.8 Å². The van der Waals surface area contributed by atoms with Gasteiger partial charge in [0.15, 0.2) is 0 Å². The molecular formula is C26H32FN3O3. The first-order chi connectivity index (χ1) is 15.9. The fourth-order valence-electron chi connectivity index (χ4n) is 5.24. The molecule has 2 fully saturated rings. The number of carbonyl (C=O) groups is 1. The van der Waals surface area contributed by atoms with Crippen LogP contribution in [0.2, 0.25) is 0 Å². The van der Waals surface area contributed by atoms with Crippen LogP contribution in [0.15, 0.2) is 36.4 Å². The first-order valence-electron chi connectivity index (χ1n) is 11.8. The highest BCUT2D eigenvalue weighted by Gasteiger charge is 2.36. The first kappa shape index (κ1) is 22.2. The predicted octanol–water partition coefficient (Wildman–Crippen LogP) is 3.97. The van der Waals surface area contributed by atoms with Gasteiger partial charge in [-0.25, -0.2) is 4.39 Å². The second kappa shape index (κ2) is 8.95. The maximum absolute atomic E-state index is 14.7. The van der Waals surface area contributed by atoms with Gasteiger partial charge in [-0.2, -0.15) is 0 Å². The molecule has 2 aromatic rings.